The standard InChI is InChI=1S/C14H22INO/c1-3-8-16-14(11-17-9-4-2)12-6-5-7-13(15)10-12/h5-7,10,14,16H,3-4,8-9,11H2,1-2H3. The maximum atomic E-state index is 5.67. The number of rotatable bonds is 8. The molecule has 0 aliphatic heterocycles. The fourth-order valence-electron chi connectivity index (χ4n) is 1.66. The number of benzene rings is 1. The van der Waals surface area contributed by atoms with Crippen molar-refractivity contribution < 1.29 is 4.74 Å². The van der Waals surface area contributed by atoms with Crippen LogP contribution < -0.4 is 5.32 Å². The van der Waals surface area contributed by atoms with Gasteiger partial charge >= 0.3 is 0 Å². The molecule has 0 aliphatic rings. The third-order valence-corrected chi connectivity index (χ3v) is 3.20. The van der Waals surface area contributed by atoms with E-state index in [1.165, 1.54) is 9.13 Å². The van der Waals surface area contributed by atoms with Gasteiger partial charge in [0.1, 0.15) is 0 Å². The molecule has 0 amide bonds. The zero-order valence-electron chi connectivity index (χ0n) is 10.7. The Morgan fingerprint density at radius 3 is 2.76 bits per heavy atom. The van der Waals surface area contributed by atoms with Crippen LogP contribution in [0.1, 0.15) is 38.3 Å². The lowest BCUT2D eigenvalue weighted by molar-refractivity contribution is 0.112. The first kappa shape index (κ1) is 14.9. The highest BCUT2D eigenvalue weighted by Gasteiger charge is 2.10. The molecule has 3 heteroatoms. The van der Waals surface area contributed by atoms with Crippen molar-refractivity contribution in [3.63, 3.8) is 0 Å². The molecule has 17 heavy (non-hydrogen) atoms. The van der Waals surface area contributed by atoms with Crippen LogP contribution in [-0.4, -0.2) is 19.8 Å². The van der Waals surface area contributed by atoms with Gasteiger partial charge < -0.3 is 10.1 Å². The van der Waals surface area contributed by atoms with Gasteiger partial charge in [-0.05, 0) is 59.7 Å². The van der Waals surface area contributed by atoms with Gasteiger partial charge in [0.15, 0.2) is 0 Å². The second-order valence-corrected chi connectivity index (χ2v) is 5.38. The van der Waals surface area contributed by atoms with E-state index in [2.05, 4.69) is 66.0 Å². The molecule has 1 aromatic carbocycles. The lowest BCUT2D eigenvalue weighted by Gasteiger charge is -2.19. The Labute approximate surface area is 118 Å². The van der Waals surface area contributed by atoms with E-state index < -0.39 is 0 Å². The molecule has 1 N–H and O–H groups in total. The molecule has 2 nitrogen and oxygen atoms in total. The van der Waals surface area contributed by atoms with Gasteiger partial charge in [-0.1, -0.05) is 26.0 Å². The van der Waals surface area contributed by atoms with E-state index in [9.17, 15) is 0 Å². The minimum absolute atomic E-state index is 0.316. The quantitative estimate of drug-likeness (QED) is 0.571. The highest BCUT2D eigenvalue weighted by atomic mass is 127. The Morgan fingerprint density at radius 1 is 1.29 bits per heavy atom. The second-order valence-electron chi connectivity index (χ2n) is 4.14. The van der Waals surface area contributed by atoms with Crippen LogP contribution in [0.15, 0.2) is 24.3 Å². The molecule has 1 atom stereocenters. The van der Waals surface area contributed by atoms with E-state index >= 15 is 0 Å². The van der Waals surface area contributed by atoms with Crippen molar-refractivity contribution in [3.05, 3.63) is 33.4 Å². The van der Waals surface area contributed by atoms with Gasteiger partial charge in [0.2, 0.25) is 0 Å². The molecule has 1 unspecified atom stereocenters. The zero-order chi connectivity index (χ0) is 12.5. The Bertz CT molecular complexity index is 317. The largest absolute Gasteiger partial charge is 0.379 e. The molecule has 0 spiro atoms. The number of ether oxygens (including phenoxy) is 1. The Hall–Kier alpha value is -0.130. The van der Waals surface area contributed by atoms with E-state index in [4.69, 9.17) is 4.74 Å². The highest BCUT2D eigenvalue weighted by Crippen LogP contribution is 2.16. The summed E-state index contributed by atoms with van der Waals surface area (Å²) in [6.07, 6.45) is 2.22. The maximum Gasteiger partial charge on any atom is 0.0661 e. The lowest BCUT2D eigenvalue weighted by atomic mass is 10.1. The first-order chi connectivity index (χ1) is 8.27. The Balaban J connectivity index is 2.60. The number of nitrogens with one attached hydrogen (secondary N) is 1. The van der Waals surface area contributed by atoms with Crippen molar-refractivity contribution >= 4 is 22.6 Å². The average Bonchev–Trinajstić information content (AvgIpc) is 2.33. The monoisotopic (exact) mass is 347 g/mol. The summed E-state index contributed by atoms with van der Waals surface area (Å²) >= 11 is 2.35. The Kier molecular flexibility index (Phi) is 7.81. The summed E-state index contributed by atoms with van der Waals surface area (Å²) in [5.41, 5.74) is 1.32. The van der Waals surface area contributed by atoms with Gasteiger partial charge in [-0.3, -0.25) is 0 Å². The molecule has 0 saturated heterocycles. The second kappa shape index (κ2) is 8.89. The molecule has 0 saturated carbocycles. The molecule has 0 aliphatic carbocycles. The van der Waals surface area contributed by atoms with Gasteiger partial charge in [-0.2, -0.15) is 0 Å². The maximum absolute atomic E-state index is 5.67. The molecule has 0 radical (unpaired) electrons. The van der Waals surface area contributed by atoms with E-state index in [0.717, 1.165) is 32.6 Å². The van der Waals surface area contributed by atoms with Crippen molar-refractivity contribution in [1.82, 2.24) is 5.32 Å². The molecule has 0 bridgehead atoms. The smallest absolute Gasteiger partial charge is 0.0661 e. The van der Waals surface area contributed by atoms with Crippen LogP contribution in [0, 0.1) is 3.57 Å². The average molecular weight is 347 g/mol. The van der Waals surface area contributed by atoms with Gasteiger partial charge in [-0.15, -0.1) is 0 Å². The summed E-state index contributed by atoms with van der Waals surface area (Å²) in [6.45, 7) is 6.96. The number of halogens is 1. The van der Waals surface area contributed by atoms with Crippen LogP contribution in [-0.2, 0) is 4.74 Å². The van der Waals surface area contributed by atoms with Crippen LogP contribution >= 0.6 is 22.6 Å². The molecule has 1 aromatic rings. The lowest BCUT2D eigenvalue weighted by Crippen LogP contribution is -2.26. The van der Waals surface area contributed by atoms with E-state index in [1.54, 1.807) is 0 Å². The van der Waals surface area contributed by atoms with Gasteiger partial charge in [0.05, 0.1) is 12.6 Å². The van der Waals surface area contributed by atoms with Crippen molar-refractivity contribution in [3.8, 4) is 0 Å². The van der Waals surface area contributed by atoms with Gasteiger partial charge in [0, 0.05) is 10.2 Å². The fraction of sp³-hybridized carbons (Fsp3) is 0.571. The molecular weight excluding hydrogens is 325 g/mol. The Morgan fingerprint density at radius 2 is 2.12 bits per heavy atom. The first-order valence-corrected chi connectivity index (χ1v) is 7.42. The van der Waals surface area contributed by atoms with Crippen molar-refractivity contribution in [2.75, 3.05) is 19.8 Å². The molecule has 0 heterocycles. The zero-order valence-corrected chi connectivity index (χ0v) is 12.9. The van der Waals surface area contributed by atoms with Crippen LogP contribution in [0.3, 0.4) is 0 Å². The van der Waals surface area contributed by atoms with Crippen LogP contribution in [0.5, 0.6) is 0 Å². The SMILES string of the molecule is CCCNC(COCCC)c1cccc(I)c1. The third-order valence-electron chi connectivity index (χ3n) is 2.52. The summed E-state index contributed by atoms with van der Waals surface area (Å²) in [5.74, 6) is 0. The van der Waals surface area contributed by atoms with Crippen LogP contribution in [0.25, 0.3) is 0 Å². The van der Waals surface area contributed by atoms with Crippen molar-refractivity contribution in [1.29, 1.82) is 0 Å². The molecule has 0 fully saturated rings. The highest BCUT2D eigenvalue weighted by molar-refractivity contribution is 14.1. The van der Waals surface area contributed by atoms with Crippen molar-refractivity contribution in [2.24, 2.45) is 0 Å². The van der Waals surface area contributed by atoms with Crippen LogP contribution in [0.2, 0.25) is 0 Å². The number of hydrogen-bond donors (Lipinski definition) is 1. The van der Waals surface area contributed by atoms with E-state index in [0.29, 0.717) is 6.04 Å². The minimum atomic E-state index is 0.316. The van der Waals surface area contributed by atoms with E-state index in [-0.39, 0.29) is 0 Å². The predicted molar refractivity (Wildman–Crippen MR) is 81.3 cm³/mol. The minimum Gasteiger partial charge on any atom is -0.379 e. The summed E-state index contributed by atoms with van der Waals surface area (Å²) in [4.78, 5) is 0. The predicted octanol–water partition coefficient (Wildman–Crippen LogP) is 3.76. The summed E-state index contributed by atoms with van der Waals surface area (Å²) < 4.78 is 6.95. The van der Waals surface area contributed by atoms with Gasteiger partial charge in [-0.25, -0.2) is 0 Å². The summed E-state index contributed by atoms with van der Waals surface area (Å²) in [6, 6.07) is 8.94. The first-order valence-electron chi connectivity index (χ1n) is 6.34. The van der Waals surface area contributed by atoms with Crippen LogP contribution in [0.4, 0.5) is 0 Å². The summed E-state index contributed by atoms with van der Waals surface area (Å²) in [5, 5.41) is 3.54. The van der Waals surface area contributed by atoms with Crippen molar-refractivity contribution in [2.45, 2.75) is 32.7 Å². The topological polar surface area (TPSA) is 21.3 Å². The van der Waals surface area contributed by atoms with Gasteiger partial charge in [0.25, 0.3) is 0 Å². The molecule has 96 valence electrons. The van der Waals surface area contributed by atoms with E-state index in [1.807, 2.05) is 0 Å². The molecular formula is C14H22INO. The number of hydrogen-bond acceptors (Lipinski definition) is 2. The molecule has 0 aromatic heterocycles. The third kappa shape index (κ3) is 5.84. The summed E-state index contributed by atoms with van der Waals surface area (Å²) in [7, 11) is 0. The normalized spacial score (nSPS) is 12.6. The molecule has 1 rings (SSSR count). The fourth-order valence-corrected chi connectivity index (χ4v) is 2.23.